The molecule has 4 nitrogen and oxygen atoms in total. The van der Waals surface area contributed by atoms with Gasteiger partial charge >= 0.3 is 0 Å². The summed E-state index contributed by atoms with van der Waals surface area (Å²) in [5.74, 6) is 2.06. The van der Waals surface area contributed by atoms with E-state index in [-0.39, 0.29) is 5.92 Å². The zero-order valence-corrected chi connectivity index (χ0v) is 10.6. The maximum atomic E-state index is 10.6. The van der Waals surface area contributed by atoms with Crippen LogP contribution in [-0.4, -0.2) is 27.6 Å². The summed E-state index contributed by atoms with van der Waals surface area (Å²) in [7, 11) is 4.76. The summed E-state index contributed by atoms with van der Waals surface area (Å²) in [6, 6.07) is 3.58. The van der Waals surface area contributed by atoms with Crippen LogP contribution >= 0.6 is 0 Å². The van der Waals surface area contributed by atoms with Crippen LogP contribution < -0.4 is 14.2 Å². The highest BCUT2D eigenvalue weighted by molar-refractivity contribution is 5.57. The molecule has 0 fully saturated rings. The molecule has 0 aliphatic carbocycles. The van der Waals surface area contributed by atoms with Gasteiger partial charge in [0.15, 0.2) is 0 Å². The van der Waals surface area contributed by atoms with Crippen molar-refractivity contribution in [1.29, 1.82) is 0 Å². The van der Waals surface area contributed by atoms with Crippen LogP contribution in [0.3, 0.4) is 0 Å². The average Bonchev–Trinajstić information content (AvgIpc) is 2.37. The van der Waals surface area contributed by atoms with Crippen LogP contribution in [0.25, 0.3) is 0 Å². The Morgan fingerprint density at radius 1 is 1.12 bits per heavy atom. The van der Waals surface area contributed by atoms with Crippen LogP contribution in [0, 0.1) is 0 Å². The molecule has 4 heteroatoms. The quantitative estimate of drug-likeness (QED) is 0.714. The number of methoxy groups -OCH3 is 3. The highest BCUT2D eigenvalue weighted by Gasteiger charge is 2.18. The van der Waals surface area contributed by atoms with Gasteiger partial charge in [-0.3, -0.25) is 0 Å². The number of carbonyl (C=O) groups is 1. The first kappa shape index (κ1) is 13.4. The minimum atomic E-state index is 0.0447. The largest absolute Gasteiger partial charge is 0.496 e. The second kappa shape index (κ2) is 6.13. The molecule has 0 spiro atoms. The van der Waals surface area contributed by atoms with Gasteiger partial charge in [-0.1, -0.05) is 6.92 Å². The fraction of sp³-hybridized carbons (Fsp3) is 0.462. The van der Waals surface area contributed by atoms with E-state index in [9.17, 15) is 4.79 Å². The normalized spacial score (nSPS) is 11.8. The van der Waals surface area contributed by atoms with Crippen molar-refractivity contribution in [2.75, 3.05) is 21.3 Å². The number of hydrogen-bond acceptors (Lipinski definition) is 4. The summed E-state index contributed by atoms with van der Waals surface area (Å²) in [6.45, 7) is 1.96. The van der Waals surface area contributed by atoms with Gasteiger partial charge in [0.25, 0.3) is 0 Å². The van der Waals surface area contributed by atoms with Crippen LogP contribution in [0.5, 0.6) is 17.2 Å². The molecule has 1 rings (SSSR count). The first-order chi connectivity index (χ1) is 8.17. The van der Waals surface area contributed by atoms with Crippen molar-refractivity contribution in [2.45, 2.75) is 19.3 Å². The molecule has 0 aliphatic heterocycles. The molecule has 0 radical (unpaired) electrons. The maximum absolute atomic E-state index is 10.6. The third-order valence-electron chi connectivity index (χ3n) is 2.70. The lowest BCUT2D eigenvalue weighted by Gasteiger charge is -2.18. The predicted octanol–water partition coefficient (Wildman–Crippen LogP) is 2.40. The molecule has 1 atom stereocenters. The van der Waals surface area contributed by atoms with Crippen molar-refractivity contribution in [1.82, 2.24) is 0 Å². The number of rotatable bonds is 6. The molecule has 1 unspecified atom stereocenters. The molecule has 17 heavy (non-hydrogen) atoms. The van der Waals surface area contributed by atoms with Crippen LogP contribution in [-0.2, 0) is 4.79 Å². The summed E-state index contributed by atoms with van der Waals surface area (Å²) in [6.07, 6.45) is 1.33. The Morgan fingerprint density at radius 3 is 2.00 bits per heavy atom. The minimum absolute atomic E-state index is 0.0447. The van der Waals surface area contributed by atoms with Crippen molar-refractivity contribution >= 4 is 6.29 Å². The van der Waals surface area contributed by atoms with Gasteiger partial charge in [0.05, 0.1) is 21.3 Å². The fourth-order valence-corrected chi connectivity index (χ4v) is 1.78. The summed E-state index contributed by atoms with van der Waals surface area (Å²) >= 11 is 0. The third-order valence-corrected chi connectivity index (χ3v) is 2.70. The van der Waals surface area contributed by atoms with Crippen molar-refractivity contribution < 1.29 is 19.0 Å². The summed E-state index contributed by atoms with van der Waals surface area (Å²) in [5.41, 5.74) is 0.892. The Bertz CT molecular complexity index is 362. The Kier molecular flexibility index (Phi) is 4.82. The highest BCUT2D eigenvalue weighted by Crippen LogP contribution is 2.39. The van der Waals surface area contributed by atoms with Crippen molar-refractivity contribution in [3.63, 3.8) is 0 Å². The van der Waals surface area contributed by atoms with Gasteiger partial charge in [-0.15, -0.1) is 0 Å². The molecular formula is C13H18O4. The van der Waals surface area contributed by atoms with Gasteiger partial charge in [0.2, 0.25) is 0 Å². The van der Waals surface area contributed by atoms with E-state index in [2.05, 4.69) is 0 Å². The van der Waals surface area contributed by atoms with E-state index in [1.807, 2.05) is 6.92 Å². The number of ether oxygens (including phenoxy) is 3. The fourth-order valence-electron chi connectivity index (χ4n) is 1.78. The molecule has 0 amide bonds. The number of benzene rings is 1. The number of aldehydes is 1. The van der Waals surface area contributed by atoms with E-state index >= 15 is 0 Å². The molecule has 94 valence electrons. The molecule has 0 bridgehead atoms. The van der Waals surface area contributed by atoms with E-state index in [0.717, 1.165) is 11.8 Å². The monoisotopic (exact) mass is 238 g/mol. The summed E-state index contributed by atoms with van der Waals surface area (Å²) < 4.78 is 15.8. The standard InChI is InChI=1S/C13H18O4/c1-9(5-6-14)13-11(16-3)7-10(15-2)8-12(13)17-4/h6-9H,5H2,1-4H3. The highest BCUT2D eigenvalue weighted by atomic mass is 16.5. The van der Waals surface area contributed by atoms with Crippen LogP contribution in [0.15, 0.2) is 12.1 Å². The lowest BCUT2D eigenvalue weighted by atomic mass is 9.96. The SMILES string of the molecule is COc1cc(OC)c(C(C)CC=O)c(OC)c1. The lowest BCUT2D eigenvalue weighted by molar-refractivity contribution is -0.108. The first-order valence-electron chi connectivity index (χ1n) is 5.41. The van der Waals surface area contributed by atoms with Crippen molar-refractivity contribution in [2.24, 2.45) is 0 Å². The van der Waals surface area contributed by atoms with Crippen LogP contribution in [0.2, 0.25) is 0 Å². The van der Waals surface area contributed by atoms with E-state index < -0.39 is 0 Å². The van der Waals surface area contributed by atoms with Crippen molar-refractivity contribution in [3.05, 3.63) is 17.7 Å². The van der Waals surface area contributed by atoms with E-state index in [0.29, 0.717) is 23.7 Å². The molecule has 0 heterocycles. The molecule has 0 N–H and O–H groups in total. The predicted molar refractivity (Wildman–Crippen MR) is 65.2 cm³/mol. The smallest absolute Gasteiger partial charge is 0.129 e. The van der Waals surface area contributed by atoms with Crippen molar-refractivity contribution in [3.8, 4) is 17.2 Å². The third kappa shape index (κ3) is 2.90. The van der Waals surface area contributed by atoms with Gasteiger partial charge in [-0.2, -0.15) is 0 Å². The minimum Gasteiger partial charge on any atom is -0.496 e. The van der Waals surface area contributed by atoms with Gasteiger partial charge in [0, 0.05) is 24.1 Å². The zero-order chi connectivity index (χ0) is 12.8. The molecule has 0 saturated heterocycles. The second-order valence-corrected chi connectivity index (χ2v) is 3.75. The zero-order valence-electron chi connectivity index (χ0n) is 10.6. The van der Waals surface area contributed by atoms with Gasteiger partial charge in [0.1, 0.15) is 23.5 Å². The Hall–Kier alpha value is -1.71. The Labute approximate surface area is 101 Å². The number of hydrogen-bond donors (Lipinski definition) is 0. The van der Waals surface area contributed by atoms with Crippen LogP contribution in [0.1, 0.15) is 24.8 Å². The topological polar surface area (TPSA) is 44.8 Å². The molecular weight excluding hydrogens is 220 g/mol. The first-order valence-corrected chi connectivity index (χ1v) is 5.41. The van der Waals surface area contributed by atoms with E-state index in [4.69, 9.17) is 14.2 Å². The van der Waals surface area contributed by atoms with Gasteiger partial charge < -0.3 is 19.0 Å². The lowest BCUT2D eigenvalue weighted by Crippen LogP contribution is -2.02. The van der Waals surface area contributed by atoms with E-state index in [1.54, 1.807) is 33.5 Å². The Balaban J connectivity index is 3.28. The van der Waals surface area contributed by atoms with Gasteiger partial charge in [-0.25, -0.2) is 0 Å². The van der Waals surface area contributed by atoms with E-state index in [1.165, 1.54) is 0 Å². The molecule has 1 aromatic rings. The Morgan fingerprint density at radius 2 is 1.65 bits per heavy atom. The maximum Gasteiger partial charge on any atom is 0.129 e. The second-order valence-electron chi connectivity index (χ2n) is 3.75. The number of carbonyl (C=O) groups excluding carboxylic acids is 1. The summed E-state index contributed by atoms with van der Waals surface area (Å²) in [4.78, 5) is 10.6. The molecule has 0 aromatic heterocycles. The van der Waals surface area contributed by atoms with Gasteiger partial charge in [-0.05, 0) is 5.92 Å². The average molecular weight is 238 g/mol. The molecule has 1 aromatic carbocycles. The van der Waals surface area contributed by atoms with Crippen LogP contribution in [0.4, 0.5) is 0 Å². The molecule has 0 saturated carbocycles. The summed E-state index contributed by atoms with van der Waals surface area (Å²) in [5, 5.41) is 0. The molecule has 0 aliphatic rings.